The van der Waals surface area contributed by atoms with Gasteiger partial charge in [-0.2, -0.15) is 0 Å². The van der Waals surface area contributed by atoms with Gasteiger partial charge in [-0.1, -0.05) is 12.1 Å². The van der Waals surface area contributed by atoms with Crippen LogP contribution in [0.15, 0.2) is 24.3 Å². The Hall–Kier alpha value is -1.75. The number of hydrogen-bond acceptors (Lipinski definition) is 7. The Kier molecular flexibility index (Phi) is 6.91. The molecule has 1 atom stereocenters. The Balaban J connectivity index is 0.000000471. The first-order valence-electron chi connectivity index (χ1n) is 7.54. The maximum atomic E-state index is 10.9. The van der Waals surface area contributed by atoms with Gasteiger partial charge in [0.05, 0.1) is 30.8 Å². The first-order chi connectivity index (χ1) is 11.5. The van der Waals surface area contributed by atoms with Crippen molar-refractivity contribution >= 4 is 16.6 Å². The van der Waals surface area contributed by atoms with Gasteiger partial charge in [-0.15, -0.1) is 0 Å². The van der Waals surface area contributed by atoms with Crippen LogP contribution in [0.25, 0.3) is 0 Å². The van der Waals surface area contributed by atoms with Crippen LogP contribution in [0.4, 0.5) is 5.69 Å². The second-order valence-electron chi connectivity index (χ2n) is 5.66. The van der Waals surface area contributed by atoms with Crippen molar-refractivity contribution in [3.63, 3.8) is 0 Å². The number of hydrogen-bond donors (Lipinski definition) is 2. The fraction of sp³-hybridized carbons (Fsp3) is 0.571. The maximum Gasteiger partial charge on any atom is 0.310 e. The molecule has 0 aromatic heterocycles. The molecule has 0 amide bonds. The summed E-state index contributed by atoms with van der Waals surface area (Å²) in [6.07, 6.45) is 1.08. The summed E-state index contributed by atoms with van der Waals surface area (Å²) in [5.41, 5.74) is 0.0368. The minimum Gasteiger partial charge on any atom is -0.486 e. The molecule has 134 valence electrons. The smallest absolute Gasteiger partial charge is 0.310 e. The highest BCUT2D eigenvalue weighted by Gasteiger charge is 2.32. The van der Waals surface area contributed by atoms with Crippen LogP contribution in [0, 0.1) is 16.0 Å². The zero-order valence-corrected chi connectivity index (χ0v) is 14.0. The van der Waals surface area contributed by atoms with E-state index in [0.717, 1.165) is 32.7 Å². The molecule has 10 heteroatoms. The third-order valence-electron chi connectivity index (χ3n) is 3.99. The molecule has 3 rings (SSSR count). The number of nitro benzene ring substituents is 1. The molecule has 2 heterocycles. The lowest BCUT2D eigenvalue weighted by Crippen LogP contribution is -2.48. The van der Waals surface area contributed by atoms with Gasteiger partial charge in [0.1, 0.15) is 0 Å². The summed E-state index contributed by atoms with van der Waals surface area (Å²) >= 11 is 0. The second kappa shape index (κ2) is 8.92. The molecule has 1 aromatic rings. The quantitative estimate of drug-likeness (QED) is 0.436. The Morgan fingerprint density at radius 2 is 2.04 bits per heavy atom. The van der Waals surface area contributed by atoms with E-state index in [-0.39, 0.29) is 5.69 Å². The Labute approximate surface area is 141 Å². The molecule has 1 aromatic carbocycles. The predicted molar refractivity (Wildman–Crippen MR) is 87.4 cm³/mol. The van der Waals surface area contributed by atoms with Crippen molar-refractivity contribution < 1.29 is 22.8 Å². The van der Waals surface area contributed by atoms with E-state index >= 15 is 0 Å². The van der Waals surface area contributed by atoms with Crippen molar-refractivity contribution in [1.29, 1.82) is 0 Å². The Morgan fingerprint density at radius 1 is 1.38 bits per heavy atom. The highest BCUT2D eigenvalue weighted by atomic mass is 32.2. The number of para-hydroxylation sites is 2. The number of rotatable bonds is 5. The molecule has 2 saturated heterocycles. The molecule has 2 aliphatic heterocycles. The molecule has 9 nitrogen and oxygen atoms in total. The minimum absolute atomic E-state index is 0.0368. The number of thiol groups is 1. The van der Waals surface area contributed by atoms with Crippen molar-refractivity contribution in [1.82, 2.24) is 4.90 Å². The summed E-state index contributed by atoms with van der Waals surface area (Å²) in [6, 6.07) is 7.10. The fourth-order valence-corrected chi connectivity index (χ4v) is 2.70. The molecule has 2 aliphatic rings. The van der Waals surface area contributed by atoms with Crippen LogP contribution < -0.4 is 9.88 Å². The van der Waals surface area contributed by atoms with Crippen LogP contribution in [-0.4, -0.2) is 57.2 Å². The predicted octanol–water partition coefficient (Wildman–Crippen LogP) is 0.166. The summed E-state index contributed by atoms with van der Waals surface area (Å²) in [5, 5.41) is 15.0. The number of nitrogens with two attached hydrogens (primary N) is 1. The van der Waals surface area contributed by atoms with E-state index in [4.69, 9.17) is 17.9 Å². The van der Waals surface area contributed by atoms with Crippen molar-refractivity contribution in [2.75, 3.05) is 32.9 Å². The number of likely N-dealkylation sites (tertiary alicyclic amines) is 1. The lowest BCUT2D eigenvalue weighted by molar-refractivity contribution is -0.385. The third-order valence-corrected chi connectivity index (χ3v) is 3.99. The van der Waals surface area contributed by atoms with E-state index in [1.807, 2.05) is 0 Å². The zero-order chi connectivity index (χ0) is 17.5. The van der Waals surface area contributed by atoms with Crippen molar-refractivity contribution in [2.24, 2.45) is 11.1 Å². The van der Waals surface area contributed by atoms with E-state index < -0.39 is 15.8 Å². The summed E-state index contributed by atoms with van der Waals surface area (Å²) in [7, 11) is -2.62. The Morgan fingerprint density at radius 3 is 2.62 bits per heavy atom. The van der Waals surface area contributed by atoms with Crippen LogP contribution in [0.2, 0.25) is 0 Å². The van der Waals surface area contributed by atoms with Crippen LogP contribution in [0.3, 0.4) is 0 Å². The lowest BCUT2D eigenvalue weighted by atomic mass is 10.1. The van der Waals surface area contributed by atoms with E-state index in [9.17, 15) is 10.1 Å². The van der Waals surface area contributed by atoms with Crippen LogP contribution in [0.5, 0.6) is 5.75 Å². The number of ether oxygens (including phenoxy) is 2. The largest absolute Gasteiger partial charge is 0.486 e. The zero-order valence-electron chi connectivity index (χ0n) is 13.1. The molecule has 2 fully saturated rings. The van der Waals surface area contributed by atoms with Crippen LogP contribution >= 0.6 is 0 Å². The molecule has 2 N–H and O–H groups in total. The van der Waals surface area contributed by atoms with Crippen molar-refractivity contribution in [3.8, 4) is 5.75 Å². The van der Waals surface area contributed by atoms with Gasteiger partial charge in [0.25, 0.3) is 0 Å². The van der Waals surface area contributed by atoms with Gasteiger partial charge < -0.3 is 9.47 Å². The van der Waals surface area contributed by atoms with E-state index in [2.05, 4.69) is 10.0 Å². The normalized spacial score (nSPS) is 21.0. The first kappa shape index (κ1) is 18.6. The Bertz CT molecular complexity index is 627. The van der Waals surface area contributed by atoms with E-state index in [1.165, 1.54) is 6.07 Å². The summed E-state index contributed by atoms with van der Waals surface area (Å²) in [6.45, 7) is 4.26. The minimum atomic E-state index is -2.62. The van der Waals surface area contributed by atoms with Gasteiger partial charge in [0.15, 0.2) is 16.6 Å². The molecule has 0 saturated carbocycles. The van der Waals surface area contributed by atoms with Gasteiger partial charge in [-0.05, 0) is 19.0 Å². The molecule has 24 heavy (non-hydrogen) atoms. The maximum absolute atomic E-state index is 10.9. The summed E-state index contributed by atoms with van der Waals surface area (Å²) in [4.78, 5) is 12.9. The average Bonchev–Trinajstić information content (AvgIpc) is 2.91. The SMILES string of the molecule is N[SH](=O)=O.O=[N+]([O-])c1ccccc1OC[C@H]1CCN(C2COC2)C1. The number of nitro groups is 1. The molecule has 0 radical (unpaired) electrons. The average molecular weight is 359 g/mol. The molecule has 0 spiro atoms. The first-order valence-corrected chi connectivity index (χ1v) is 8.79. The molecular formula is C14H21N3O6S. The molecule has 0 aliphatic carbocycles. The summed E-state index contributed by atoms with van der Waals surface area (Å²) < 4.78 is 28.5. The van der Waals surface area contributed by atoms with Gasteiger partial charge in [0.2, 0.25) is 0 Å². The topological polar surface area (TPSA) is 125 Å². The monoisotopic (exact) mass is 359 g/mol. The van der Waals surface area contributed by atoms with Crippen molar-refractivity contribution in [3.05, 3.63) is 34.4 Å². The molecule has 0 bridgehead atoms. The van der Waals surface area contributed by atoms with Crippen LogP contribution in [-0.2, 0) is 15.6 Å². The number of nitrogens with zero attached hydrogens (tertiary/aromatic N) is 2. The van der Waals surface area contributed by atoms with Crippen LogP contribution in [0.1, 0.15) is 6.42 Å². The standard InChI is InChI=1S/C14H18N2O4.H3NO2S/c17-16(18)13-3-1-2-4-14(13)20-8-11-5-6-15(7-11)12-9-19-10-12;1-4(2)3/h1-4,11-12H,5-10H2;4H,(H2,1,2,3)/t11-;/m0./s1. The van der Waals surface area contributed by atoms with Crippen molar-refractivity contribution in [2.45, 2.75) is 12.5 Å². The highest BCUT2D eigenvalue weighted by molar-refractivity contribution is 7.69. The molecule has 0 unspecified atom stereocenters. The van der Waals surface area contributed by atoms with Gasteiger partial charge >= 0.3 is 5.69 Å². The highest BCUT2D eigenvalue weighted by Crippen LogP contribution is 2.28. The van der Waals surface area contributed by atoms with E-state index in [0.29, 0.717) is 24.3 Å². The van der Waals surface area contributed by atoms with E-state index in [1.54, 1.807) is 18.2 Å². The van der Waals surface area contributed by atoms with Gasteiger partial charge in [-0.25, -0.2) is 13.6 Å². The van der Waals surface area contributed by atoms with Gasteiger partial charge in [0, 0.05) is 18.5 Å². The summed E-state index contributed by atoms with van der Waals surface area (Å²) in [5.74, 6) is 0.804. The molecular weight excluding hydrogens is 338 g/mol. The third kappa shape index (κ3) is 5.41. The number of benzene rings is 1. The fourth-order valence-electron chi connectivity index (χ4n) is 2.70. The second-order valence-corrected chi connectivity index (χ2v) is 6.23. The lowest BCUT2D eigenvalue weighted by Gasteiger charge is -2.34. The van der Waals surface area contributed by atoms with Gasteiger partial charge in [-0.3, -0.25) is 15.0 Å².